The fourth-order valence-electron chi connectivity index (χ4n) is 2.29. The zero-order valence-electron chi connectivity index (χ0n) is 11.7. The number of nitrogens with two attached hydrogens (primary N) is 1. The standard InChI is InChI=1S/C14H18F2N2O3/c1-20-12-7-9(15)11(6-10(12)16)18-14(19)13(17)8-2-4-21-5-3-8/h6-8,13H,2-5,17H2,1H3,(H,18,19). The SMILES string of the molecule is COc1cc(F)c(NC(=O)C(N)C2CCOCC2)cc1F. The smallest absolute Gasteiger partial charge is 0.241 e. The van der Waals surface area contributed by atoms with Crippen LogP contribution in [0.25, 0.3) is 0 Å². The fourth-order valence-corrected chi connectivity index (χ4v) is 2.29. The number of anilines is 1. The maximum absolute atomic E-state index is 13.8. The van der Waals surface area contributed by atoms with E-state index in [1.807, 2.05) is 0 Å². The zero-order chi connectivity index (χ0) is 15.4. The number of carbonyl (C=O) groups is 1. The molecule has 0 saturated carbocycles. The molecule has 1 amide bonds. The third-order valence-corrected chi connectivity index (χ3v) is 3.58. The summed E-state index contributed by atoms with van der Waals surface area (Å²) < 4.78 is 37.2. The average molecular weight is 300 g/mol. The summed E-state index contributed by atoms with van der Waals surface area (Å²) in [4.78, 5) is 12.0. The summed E-state index contributed by atoms with van der Waals surface area (Å²) in [7, 11) is 1.23. The van der Waals surface area contributed by atoms with Gasteiger partial charge < -0.3 is 20.5 Å². The third kappa shape index (κ3) is 3.68. The molecule has 1 atom stereocenters. The summed E-state index contributed by atoms with van der Waals surface area (Å²) in [5.41, 5.74) is 5.63. The van der Waals surface area contributed by atoms with Gasteiger partial charge >= 0.3 is 0 Å². The molecule has 7 heteroatoms. The van der Waals surface area contributed by atoms with Crippen molar-refractivity contribution in [3.63, 3.8) is 0 Å². The summed E-state index contributed by atoms with van der Waals surface area (Å²) in [6.45, 7) is 1.11. The van der Waals surface area contributed by atoms with Gasteiger partial charge in [-0.05, 0) is 18.8 Å². The topological polar surface area (TPSA) is 73.6 Å². The maximum Gasteiger partial charge on any atom is 0.241 e. The van der Waals surface area contributed by atoms with Gasteiger partial charge in [0.2, 0.25) is 5.91 Å². The van der Waals surface area contributed by atoms with E-state index < -0.39 is 23.6 Å². The van der Waals surface area contributed by atoms with Crippen molar-refractivity contribution in [2.75, 3.05) is 25.6 Å². The number of methoxy groups -OCH3 is 1. The van der Waals surface area contributed by atoms with Crippen LogP contribution in [0, 0.1) is 17.6 Å². The molecule has 1 fully saturated rings. The van der Waals surface area contributed by atoms with Crippen LogP contribution >= 0.6 is 0 Å². The number of carbonyl (C=O) groups excluding carboxylic acids is 1. The summed E-state index contributed by atoms with van der Waals surface area (Å²) >= 11 is 0. The van der Waals surface area contributed by atoms with Crippen molar-refractivity contribution in [2.45, 2.75) is 18.9 Å². The molecule has 21 heavy (non-hydrogen) atoms. The Morgan fingerprint density at radius 3 is 2.67 bits per heavy atom. The molecule has 1 aromatic carbocycles. The minimum atomic E-state index is -0.779. The predicted molar refractivity (Wildman–Crippen MR) is 73.1 cm³/mol. The first kappa shape index (κ1) is 15.7. The number of halogens is 2. The monoisotopic (exact) mass is 300 g/mol. The van der Waals surface area contributed by atoms with Crippen molar-refractivity contribution in [1.29, 1.82) is 0 Å². The number of nitrogens with one attached hydrogen (secondary N) is 1. The number of hydrogen-bond donors (Lipinski definition) is 2. The van der Waals surface area contributed by atoms with Gasteiger partial charge in [-0.3, -0.25) is 4.79 Å². The summed E-state index contributed by atoms with van der Waals surface area (Å²) in [6.07, 6.45) is 1.35. The Balaban J connectivity index is 2.06. The molecular weight excluding hydrogens is 282 g/mol. The molecule has 5 nitrogen and oxygen atoms in total. The van der Waals surface area contributed by atoms with Crippen LogP contribution in [0.1, 0.15) is 12.8 Å². The highest BCUT2D eigenvalue weighted by Crippen LogP contribution is 2.25. The first-order valence-corrected chi connectivity index (χ1v) is 6.70. The quantitative estimate of drug-likeness (QED) is 0.887. The molecule has 0 spiro atoms. The van der Waals surface area contributed by atoms with Crippen molar-refractivity contribution in [3.05, 3.63) is 23.8 Å². The second kappa shape index (κ2) is 6.82. The van der Waals surface area contributed by atoms with E-state index in [-0.39, 0.29) is 17.4 Å². The van der Waals surface area contributed by atoms with E-state index in [4.69, 9.17) is 10.5 Å². The van der Waals surface area contributed by atoms with Gasteiger partial charge in [-0.2, -0.15) is 0 Å². The van der Waals surface area contributed by atoms with Gasteiger partial charge in [0.05, 0.1) is 18.8 Å². The normalized spacial score (nSPS) is 17.3. The van der Waals surface area contributed by atoms with E-state index in [1.165, 1.54) is 7.11 Å². The number of ether oxygens (including phenoxy) is 2. The van der Waals surface area contributed by atoms with E-state index in [0.29, 0.717) is 26.1 Å². The first-order valence-electron chi connectivity index (χ1n) is 6.70. The highest BCUT2D eigenvalue weighted by atomic mass is 19.1. The van der Waals surface area contributed by atoms with Gasteiger partial charge in [0.1, 0.15) is 0 Å². The molecule has 3 N–H and O–H groups in total. The molecule has 0 aromatic heterocycles. The Labute approximate surface area is 121 Å². The molecule has 1 aromatic rings. The summed E-state index contributed by atoms with van der Waals surface area (Å²) in [6, 6.07) is 0.978. The van der Waals surface area contributed by atoms with Gasteiger partial charge in [-0.15, -0.1) is 0 Å². The number of amides is 1. The number of hydrogen-bond acceptors (Lipinski definition) is 4. The minimum Gasteiger partial charge on any atom is -0.494 e. The molecule has 0 radical (unpaired) electrons. The number of benzene rings is 1. The average Bonchev–Trinajstić information content (AvgIpc) is 2.50. The van der Waals surface area contributed by atoms with E-state index in [0.717, 1.165) is 12.1 Å². The largest absolute Gasteiger partial charge is 0.494 e. The molecule has 1 saturated heterocycles. The lowest BCUT2D eigenvalue weighted by Crippen LogP contribution is -2.44. The van der Waals surface area contributed by atoms with E-state index >= 15 is 0 Å². The van der Waals surface area contributed by atoms with E-state index in [9.17, 15) is 13.6 Å². The van der Waals surface area contributed by atoms with Crippen molar-refractivity contribution >= 4 is 11.6 Å². The van der Waals surface area contributed by atoms with Crippen LogP contribution in [0.15, 0.2) is 12.1 Å². The molecule has 116 valence electrons. The van der Waals surface area contributed by atoms with Gasteiger partial charge in [0.25, 0.3) is 0 Å². The lowest BCUT2D eigenvalue weighted by molar-refractivity contribution is -0.119. The van der Waals surface area contributed by atoms with Crippen molar-refractivity contribution in [1.82, 2.24) is 0 Å². The van der Waals surface area contributed by atoms with Crippen LogP contribution in [-0.2, 0) is 9.53 Å². The molecule has 1 aliphatic rings. The van der Waals surface area contributed by atoms with Crippen LogP contribution in [0.5, 0.6) is 5.75 Å². The van der Waals surface area contributed by atoms with Gasteiger partial charge in [-0.25, -0.2) is 8.78 Å². The molecule has 1 unspecified atom stereocenters. The van der Waals surface area contributed by atoms with Crippen LogP contribution in [0.4, 0.5) is 14.5 Å². The highest BCUT2D eigenvalue weighted by molar-refractivity contribution is 5.95. The lowest BCUT2D eigenvalue weighted by Gasteiger charge is -2.26. The fraction of sp³-hybridized carbons (Fsp3) is 0.500. The third-order valence-electron chi connectivity index (χ3n) is 3.58. The van der Waals surface area contributed by atoms with Crippen LogP contribution < -0.4 is 15.8 Å². The van der Waals surface area contributed by atoms with Crippen LogP contribution in [-0.4, -0.2) is 32.3 Å². The van der Waals surface area contributed by atoms with Gasteiger partial charge in [-0.1, -0.05) is 0 Å². The van der Waals surface area contributed by atoms with Gasteiger partial charge in [0, 0.05) is 25.3 Å². The van der Waals surface area contributed by atoms with Crippen molar-refractivity contribution in [2.24, 2.45) is 11.7 Å². The molecule has 1 aliphatic heterocycles. The Morgan fingerprint density at radius 1 is 1.38 bits per heavy atom. The van der Waals surface area contributed by atoms with Crippen LogP contribution in [0.3, 0.4) is 0 Å². The molecule has 2 rings (SSSR count). The highest BCUT2D eigenvalue weighted by Gasteiger charge is 2.27. The predicted octanol–water partition coefficient (Wildman–Crippen LogP) is 1.67. The Bertz CT molecular complexity index is 519. The second-order valence-electron chi connectivity index (χ2n) is 4.93. The minimum absolute atomic E-state index is 0.0232. The van der Waals surface area contributed by atoms with E-state index in [2.05, 4.69) is 10.1 Å². The molecule has 1 heterocycles. The second-order valence-corrected chi connectivity index (χ2v) is 4.93. The molecule has 0 aliphatic carbocycles. The lowest BCUT2D eigenvalue weighted by atomic mass is 9.92. The number of rotatable bonds is 4. The van der Waals surface area contributed by atoms with Crippen LogP contribution in [0.2, 0.25) is 0 Å². The molecular formula is C14H18F2N2O3. The van der Waals surface area contributed by atoms with Crippen molar-refractivity contribution in [3.8, 4) is 5.75 Å². The zero-order valence-corrected chi connectivity index (χ0v) is 11.7. The summed E-state index contributed by atoms with van der Waals surface area (Å²) in [5, 5.41) is 2.32. The van der Waals surface area contributed by atoms with Crippen molar-refractivity contribution < 1.29 is 23.0 Å². The molecule has 0 bridgehead atoms. The Morgan fingerprint density at radius 2 is 2.05 bits per heavy atom. The van der Waals surface area contributed by atoms with E-state index in [1.54, 1.807) is 0 Å². The Hall–Kier alpha value is -1.73. The first-order chi connectivity index (χ1) is 10.0. The maximum atomic E-state index is 13.8. The van der Waals surface area contributed by atoms with Gasteiger partial charge in [0.15, 0.2) is 17.4 Å². The summed E-state index contributed by atoms with van der Waals surface area (Å²) in [5.74, 6) is -2.32. The Kier molecular flexibility index (Phi) is 5.08.